The molecule has 0 aliphatic carbocycles. The van der Waals surface area contributed by atoms with Crippen LogP contribution in [0, 0.1) is 0 Å². The van der Waals surface area contributed by atoms with Crippen LogP contribution in [-0.4, -0.2) is 78.7 Å². The lowest BCUT2D eigenvalue weighted by Gasteiger charge is -2.41. The second-order valence-electron chi connectivity index (χ2n) is 10.1. The van der Waals surface area contributed by atoms with Crippen LogP contribution in [0.5, 0.6) is 0 Å². The lowest BCUT2D eigenvalue weighted by Crippen LogP contribution is -2.59. The van der Waals surface area contributed by atoms with E-state index in [1.165, 1.54) is 25.0 Å². The van der Waals surface area contributed by atoms with Gasteiger partial charge in [0.15, 0.2) is 0 Å². The fraction of sp³-hybridized carbons (Fsp3) is 0.273. The second-order valence-corrected chi connectivity index (χ2v) is 10.5. The number of alkyl halides is 2. The number of fused-ring (bicyclic) bond motifs is 1. The van der Waals surface area contributed by atoms with Gasteiger partial charge in [-0.05, 0) is 35.7 Å². The molecule has 7 nitrogen and oxygen atoms in total. The first-order valence-corrected chi connectivity index (χ1v) is 12.3. The summed E-state index contributed by atoms with van der Waals surface area (Å²) in [6.07, 6.45) is 0.343. The third kappa shape index (κ3) is 4.39. The van der Waals surface area contributed by atoms with Crippen molar-refractivity contribution in [2.45, 2.75) is 36.1 Å². The molecule has 4 rings (SSSR count). The molecule has 0 aromatic heterocycles. The molecule has 2 aliphatic rings. The highest BCUT2D eigenvalue weighted by atomic mass is 35.5. The SMILES string of the molecule is Bc1c(C(B)N(B)C(=O)C(F)(F)c2ccc(Cl)cc2)ccc2c1C(B)(B)N(C1CCC(=O)NC1=O)C2=O. The number of rotatable bonds is 5. The lowest BCUT2D eigenvalue weighted by molar-refractivity contribution is -0.154. The van der Waals surface area contributed by atoms with Crippen LogP contribution >= 0.6 is 11.6 Å². The monoisotopic (exact) mass is 521 g/mol. The second kappa shape index (κ2) is 9.38. The minimum absolute atomic E-state index is 0.128. The predicted octanol–water partition coefficient (Wildman–Crippen LogP) is -2.96. The first-order chi connectivity index (χ1) is 17.2. The van der Waals surface area contributed by atoms with E-state index in [1.807, 2.05) is 15.7 Å². The summed E-state index contributed by atoms with van der Waals surface area (Å²) in [6, 6.07) is 7.31. The van der Waals surface area contributed by atoms with Gasteiger partial charge in [0.05, 0.1) is 0 Å². The number of carbonyl (C=O) groups excluding carboxylic acids is 4. The van der Waals surface area contributed by atoms with Gasteiger partial charge >= 0.3 is 5.92 Å². The number of hydrogen-bond acceptors (Lipinski definition) is 4. The molecule has 2 unspecified atom stereocenters. The van der Waals surface area contributed by atoms with Crippen LogP contribution in [-0.2, 0) is 25.6 Å². The summed E-state index contributed by atoms with van der Waals surface area (Å²) < 4.78 is 30.2. The van der Waals surface area contributed by atoms with Crippen LogP contribution < -0.4 is 10.8 Å². The number of amides is 4. The molecule has 2 heterocycles. The number of carbonyl (C=O) groups is 4. The molecule has 2 aromatic carbocycles. The Morgan fingerprint density at radius 1 is 1.16 bits per heavy atom. The zero-order valence-electron chi connectivity index (χ0n) is 21.2. The average Bonchev–Trinajstić information content (AvgIpc) is 3.04. The number of imide groups is 1. The predicted molar refractivity (Wildman–Crippen MR) is 148 cm³/mol. The Balaban J connectivity index is 1.67. The molecule has 2 aromatic rings. The van der Waals surface area contributed by atoms with Crippen LogP contribution in [0.2, 0.25) is 5.02 Å². The lowest BCUT2D eigenvalue weighted by atomic mass is 9.54. The van der Waals surface area contributed by atoms with E-state index in [-0.39, 0.29) is 29.7 Å². The fourth-order valence-corrected chi connectivity index (χ4v) is 5.63. The average molecular weight is 521 g/mol. The Hall–Kier alpha value is -3.01. The van der Waals surface area contributed by atoms with Crippen LogP contribution in [0.4, 0.5) is 8.78 Å². The number of nitrogens with zero attached hydrogens (tertiary/aromatic N) is 2. The molecule has 2 atom stereocenters. The summed E-state index contributed by atoms with van der Waals surface area (Å²) in [5, 5.41) is 1.67. The third-order valence-electron chi connectivity index (χ3n) is 7.52. The minimum Gasteiger partial charge on any atom is -0.389 e. The normalized spacial score (nSPS) is 19.8. The molecule has 0 bridgehead atoms. The highest BCUT2D eigenvalue weighted by Crippen LogP contribution is 2.38. The summed E-state index contributed by atoms with van der Waals surface area (Å²) in [7, 11) is 8.36. The smallest absolute Gasteiger partial charge is 0.348 e. The summed E-state index contributed by atoms with van der Waals surface area (Å²) >= 11 is 5.80. The van der Waals surface area contributed by atoms with Crippen molar-refractivity contribution in [3.8, 4) is 0 Å². The molecule has 37 heavy (non-hydrogen) atoms. The molecular formula is C22H23B5ClF2N3O4. The molecule has 15 heteroatoms. The Labute approximate surface area is 222 Å². The molecule has 1 fully saturated rings. The van der Waals surface area contributed by atoms with Gasteiger partial charge < -0.3 is 9.71 Å². The number of benzene rings is 2. The van der Waals surface area contributed by atoms with Crippen molar-refractivity contribution in [2.24, 2.45) is 0 Å². The van der Waals surface area contributed by atoms with E-state index in [9.17, 15) is 19.2 Å². The van der Waals surface area contributed by atoms with E-state index in [0.717, 1.165) is 16.9 Å². The van der Waals surface area contributed by atoms with Gasteiger partial charge in [-0.1, -0.05) is 35.3 Å². The van der Waals surface area contributed by atoms with Gasteiger partial charge in [0.1, 0.15) is 37.4 Å². The van der Waals surface area contributed by atoms with Crippen molar-refractivity contribution in [1.82, 2.24) is 15.0 Å². The topological polar surface area (TPSA) is 86.8 Å². The quantitative estimate of drug-likeness (QED) is 0.337. The minimum atomic E-state index is -3.77. The molecule has 1 saturated heterocycles. The van der Waals surface area contributed by atoms with Gasteiger partial charge in [0, 0.05) is 33.8 Å². The van der Waals surface area contributed by atoms with E-state index in [1.54, 1.807) is 27.8 Å². The van der Waals surface area contributed by atoms with Crippen molar-refractivity contribution in [1.29, 1.82) is 0 Å². The summed E-state index contributed by atoms with van der Waals surface area (Å²) in [6.45, 7) is 0. The van der Waals surface area contributed by atoms with Gasteiger partial charge in [-0.2, -0.15) is 8.78 Å². The first kappa shape index (κ1) is 27.0. The fourth-order valence-electron chi connectivity index (χ4n) is 5.50. The molecule has 186 valence electrons. The van der Waals surface area contributed by atoms with Crippen molar-refractivity contribution < 1.29 is 28.0 Å². The number of halogens is 3. The summed E-state index contributed by atoms with van der Waals surface area (Å²) in [4.78, 5) is 53.0. The maximum atomic E-state index is 15.1. The van der Waals surface area contributed by atoms with Gasteiger partial charge in [-0.25, -0.2) is 0 Å². The van der Waals surface area contributed by atoms with Crippen molar-refractivity contribution in [3.05, 3.63) is 63.7 Å². The van der Waals surface area contributed by atoms with E-state index < -0.39 is 40.6 Å². The highest BCUT2D eigenvalue weighted by Gasteiger charge is 2.50. The van der Waals surface area contributed by atoms with Gasteiger partial charge in [-0.3, -0.25) is 24.5 Å². The van der Waals surface area contributed by atoms with E-state index in [0.29, 0.717) is 22.2 Å². The van der Waals surface area contributed by atoms with E-state index in [2.05, 4.69) is 5.32 Å². The summed E-state index contributed by atoms with van der Waals surface area (Å²) in [5.41, 5.74) is 1.89. The molecule has 1 N–H and O–H groups in total. The van der Waals surface area contributed by atoms with Crippen molar-refractivity contribution in [3.63, 3.8) is 0 Å². The molecule has 0 saturated carbocycles. The summed E-state index contributed by atoms with van der Waals surface area (Å²) in [5.74, 6) is -7.12. The maximum absolute atomic E-state index is 15.1. The maximum Gasteiger partial charge on any atom is 0.348 e. The largest absolute Gasteiger partial charge is 0.389 e. The molecule has 0 radical (unpaired) electrons. The van der Waals surface area contributed by atoms with Crippen LogP contribution in [0.3, 0.4) is 0 Å². The van der Waals surface area contributed by atoms with E-state index in [4.69, 9.17) is 11.6 Å². The van der Waals surface area contributed by atoms with E-state index >= 15 is 8.78 Å². The zero-order chi connectivity index (χ0) is 27.4. The first-order valence-electron chi connectivity index (χ1n) is 11.9. The molecule has 4 amide bonds. The molecular weight excluding hydrogens is 498 g/mol. The Morgan fingerprint density at radius 3 is 2.38 bits per heavy atom. The number of piperidine rings is 1. The van der Waals surface area contributed by atoms with Gasteiger partial charge in [0.2, 0.25) is 19.8 Å². The Bertz CT molecular complexity index is 1330. The van der Waals surface area contributed by atoms with Crippen LogP contribution in [0.1, 0.15) is 45.8 Å². The molecule has 0 spiro atoms. The third-order valence-corrected chi connectivity index (χ3v) is 7.77. The Morgan fingerprint density at radius 2 is 1.78 bits per heavy atom. The number of nitrogens with one attached hydrogen (secondary N) is 1. The van der Waals surface area contributed by atoms with Crippen molar-refractivity contribution in [2.75, 3.05) is 0 Å². The Kier molecular flexibility index (Phi) is 6.86. The number of hydrogen-bond donors (Lipinski definition) is 1. The van der Waals surface area contributed by atoms with Gasteiger partial charge in [0.25, 0.3) is 11.8 Å². The van der Waals surface area contributed by atoms with Crippen LogP contribution in [0.15, 0.2) is 36.4 Å². The highest BCUT2D eigenvalue weighted by molar-refractivity contribution is 6.47. The standard InChI is InChI=1S/C22H23B5ClF2N3O4/c23-16-12(17(24)33(27)20(37)21(29,30)9-1-3-10(28)4-2-9)6-5-11-15(16)22(25,26)32(19(11)36)13-7-8-14(34)31-18(13)35/h1-6,13,17H,7-8,23-27H2,(H,31,34,35). The van der Waals surface area contributed by atoms with Gasteiger partial charge in [-0.15, -0.1) is 0 Å². The van der Waals surface area contributed by atoms with Crippen molar-refractivity contribution >= 4 is 80.1 Å². The van der Waals surface area contributed by atoms with Crippen LogP contribution in [0.25, 0.3) is 0 Å². The zero-order valence-corrected chi connectivity index (χ0v) is 22.0. The molecule has 2 aliphatic heterocycles.